The molecule has 0 spiro atoms. The Hall–Kier alpha value is -3.36. The van der Waals surface area contributed by atoms with E-state index in [0.29, 0.717) is 31.8 Å². The number of benzene rings is 2. The van der Waals surface area contributed by atoms with Gasteiger partial charge in [-0.2, -0.15) is 0 Å². The first-order valence-corrected chi connectivity index (χ1v) is 11.6. The standard InChI is InChI=1S/C26H32N6O2/c1-18(2)24(25-28-29-30-32(25)12-13-34-4)31(16-20-8-6-5-7-9-20)17-22-15-21-11-10-19(3)14-23(21)27-26(22)33/h5-11,14-15,18,24H,12-13,16-17H2,1-4H3,(H,27,33). The van der Waals surface area contributed by atoms with Gasteiger partial charge in [0.25, 0.3) is 5.56 Å². The lowest BCUT2D eigenvalue weighted by atomic mass is 9.99. The summed E-state index contributed by atoms with van der Waals surface area (Å²) in [7, 11) is 1.67. The van der Waals surface area contributed by atoms with E-state index < -0.39 is 0 Å². The Labute approximate surface area is 199 Å². The second-order valence-electron chi connectivity index (χ2n) is 9.05. The number of aromatic nitrogens is 5. The molecule has 178 valence electrons. The molecule has 4 rings (SSSR count). The van der Waals surface area contributed by atoms with Crippen LogP contribution in [0.15, 0.2) is 59.4 Å². The Morgan fingerprint density at radius 2 is 1.88 bits per heavy atom. The lowest BCUT2D eigenvalue weighted by Crippen LogP contribution is -2.35. The van der Waals surface area contributed by atoms with Crippen molar-refractivity contribution in [1.29, 1.82) is 0 Å². The zero-order valence-electron chi connectivity index (χ0n) is 20.2. The van der Waals surface area contributed by atoms with Crippen LogP contribution in [0.3, 0.4) is 0 Å². The number of hydrogen-bond acceptors (Lipinski definition) is 6. The number of aromatic amines is 1. The van der Waals surface area contributed by atoms with Gasteiger partial charge in [-0.1, -0.05) is 56.3 Å². The van der Waals surface area contributed by atoms with Crippen LogP contribution in [0.25, 0.3) is 10.9 Å². The summed E-state index contributed by atoms with van der Waals surface area (Å²) in [6, 6.07) is 18.3. The van der Waals surface area contributed by atoms with Crippen LogP contribution in [-0.2, 0) is 24.4 Å². The SMILES string of the molecule is COCCn1nnnc1C(C(C)C)N(Cc1ccccc1)Cc1cc2ccc(C)cc2[nH]c1=O. The van der Waals surface area contributed by atoms with Crippen molar-refractivity contribution in [3.05, 3.63) is 87.5 Å². The fraction of sp³-hybridized carbons (Fsp3) is 0.385. The Kier molecular flexibility index (Phi) is 7.49. The highest BCUT2D eigenvalue weighted by Crippen LogP contribution is 2.30. The van der Waals surface area contributed by atoms with E-state index in [1.54, 1.807) is 11.8 Å². The van der Waals surface area contributed by atoms with Gasteiger partial charge in [0.1, 0.15) is 0 Å². The topological polar surface area (TPSA) is 88.9 Å². The molecule has 0 radical (unpaired) electrons. The number of tetrazole rings is 1. The van der Waals surface area contributed by atoms with Gasteiger partial charge < -0.3 is 9.72 Å². The summed E-state index contributed by atoms with van der Waals surface area (Å²) in [4.78, 5) is 18.4. The molecule has 0 saturated carbocycles. The lowest BCUT2D eigenvalue weighted by Gasteiger charge is -2.33. The molecule has 0 aliphatic rings. The first kappa shape index (κ1) is 23.8. The molecule has 2 aromatic carbocycles. The lowest BCUT2D eigenvalue weighted by molar-refractivity contribution is 0.121. The smallest absolute Gasteiger partial charge is 0.252 e. The van der Waals surface area contributed by atoms with Crippen LogP contribution in [0.2, 0.25) is 0 Å². The minimum atomic E-state index is -0.0971. The zero-order chi connectivity index (χ0) is 24.1. The second-order valence-corrected chi connectivity index (χ2v) is 9.05. The summed E-state index contributed by atoms with van der Waals surface area (Å²) in [5.74, 6) is 0.981. The summed E-state index contributed by atoms with van der Waals surface area (Å²) < 4.78 is 7.06. The molecule has 8 nitrogen and oxygen atoms in total. The van der Waals surface area contributed by atoms with Crippen LogP contribution in [0.4, 0.5) is 0 Å². The third kappa shape index (κ3) is 5.40. The molecule has 8 heteroatoms. The van der Waals surface area contributed by atoms with Crippen molar-refractivity contribution in [2.45, 2.75) is 46.4 Å². The molecule has 34 heavy (non-hydrogen) atoms. The van der Waals surface area contributed by atoms with Crippen LogP contribution in [0, 0.1) is 12.8 Å². The van der Waals surface area contributed by atoms with Crippen molar-refractivity contribution in [3.63, 3.8) is 0 Å². The monoisotopic (exact) mass is 460 g/mol. The van der Waals surface area contributed by atoms with Crippen molar-refractivity contribution in [1.82, 2.24) is 30.1 Å². The van der Waals surface area contributed by atoms with Gasteiger partial charge in [0.15, 0.2) is 5.82 Å². The van der Waals surface area contributed by atoms with Crippen LogP contribution < -0.4 is 5.56 Å². The molecule has 2 aromatic heterocycles. The molecule has 0 fully saturated rings. The number of pyridine rings is 1. The normalized spacial score (nSPS) is 12.6. The fourth-order valence-corrected chi connectivity index (χ4v) is 4.41. The number of nitrogens with zero attached hydrogens (tertiary/aromatic N) is 5. The highest BCUT2D eigenvalue weighted by atomic mass is 16.5. The van der Waals surface area contributed by atoms with Crippen molar-refractivity contribution >= 4 is 10.9 Å². The molecule has 1 atom stereocenters. The second kappa shape index (κ2) is 10.7. The molecule has 1 N–H and O–H groups in total. The summed E-state index contributed by atoms with van der Waals surface area (Å²) in [6.07, 6.45) is 0. The van der Waals surface area contributed by atoms with E-state index in [0.717, 1.165) is 27.9 Å². The molecule has 4 aromatic rings. The van der Waals surface area contributed by atoms with Crippen molar-refractivity contribution in [2.24, 2.45) is 5.92 Å². The van der Waals surface area contributed by atoms with Crippen molar-refractivity contribution in [3.8, 4) is 0 Å². The van der Waals surface area contributed by atoms with Gasteiger partial charge in [0.05, 0.1) is 19.2 Å². The number of hydrogen-bond donors (Lipinski definition) is 1. The number of fused-ring (bicyclic) bond motifs is 1. The van der Waals surface area contributed by atoms with E-state index >= 15 is 0 Å². The van der Waals surface area contributed by atoms with E-state index in [-0.39, 0.29) is 17.5 Å². The van der Waals surface area contributed by atoms with Crippen molar-refractivity contribution in [2.75, 3.05) is 13.7 Å². The Bertz CT molecular complexity index is 1280. The molecule has 0 saturated heterocycles. The minimum Gasteiger partial charge on any atom is -0.383 e. The maximum Gasteiger partial charge on any atom is 0.252 e. The van der Waals surface area contributed by atoms with Gasteiger partial charge in [0.2, 0.25) is 0 Å². The van der Waals surface area contributed by atoms with Crippen LogP contribution in [-0.4, -0.2) is 43.8 Å². The van der Waals surface area contributed by atoms with Gasteiger partial charge >= 0.3 is 0 Å². The maximum absolute atomic E-state index is 13.1. The van der Waals surface area contributed by atoms with E-state index in [1.165, 1.54) is 0 Å². The molecular formula is C26H32N6O2. The van der Waals surface area contributed by atoms with Gasteiger partial charge in [-0.15, -0.1) is 5.10 Å². The molecular weight excluding hydrogens is 428 g/mol. The minimum absolute atomic E-state index is 0.0716. The molecule has 0 amide bonds. The van der Waals surface area contributed by atoms with E-state index in [4.69, 9.17) is 4.74 Å². The highest BCUT2D eigenvalue weighted by molar-refractivity contribution is 5.79. The molecule has 0 aliphatic heterocycles. The third-order valence-electron chi connectivity index (χ3n) is 6.04. The van der Waals surface area contributed by atoms with E-state index in [9.17, 15) is 4.79 Å². The molecule has 0 aliphatic carbocycles. The summed E-state index contributed by atoms with van der Waals surface area (Å²) in [5.41, 5.74) is 3.78. The van der Waals surface area contributed by atoms with Crippen LogP contribution >= 0.6 is 0 Å². The molecule has 2 heterocycles. The molecule has 1 unspecified atom stereocenters. The Morgan fingerprint density at radius 3 is 2.62 bits per heavy atom. The number of aryl methyl sites for hydroxylation is 1. The highest BCUT2D eigenvalue weighted by Gasteiger charge is 2.30. The van der Waals surface area contributed by atoms with Gasteiger partial charge in [-0.25, -0.2) is 4.68 Å². The Morgan fingerprint density at radius 1 is 1.09 bits per heavy atom. The predicted molar refractivity (Wildman–Crippen MR) is 132 cm³/mol. The molecule has 0 bridgehead atoms. The quantitative estimate of drug-likeness (QED) is 0.386. The number of ether oxygens (including phenoxy) is 1. The third-order valence-corrected chi connectivity index (χ3v) is 6.04. The summed E-state index contributed by atoms with van der Waals surface area (Å²) in [6.45, 7) is 8.55. The summed E-state index contributed by atoms with van der Waals surface area (Å²) in [5, 5.41) is 13.6. The number of nitrogens with one attached hydrogen (secondary N) is 1. The van der Waals surface area contributed by atoms with Crippen molar-refractivity contribution < 1.29 is 4.74 Å². The average Bonchev–Trinajstić information content (AvgIpc) is 3.26. The average molecular weight is 461 g/mol. The number of rotatable bonds is 10. The van der Waals surface area contributed by atoms with E-state index in [1.807, 2.05) is 37.3 Å². The largest absolute Gasteiger partial charge is 0.383 e. The number of H-pyrrole nitrogens is 1. The first-order valence-electron chi connectivity index (χ1n) is 11.6. The van der Waals surface area contributed by atoms with Gasteiger partial charge in [0, 0.05) is 31.3 Å². The van der Waals surface area contributed by atoms with Crippen LogP contribution in [0.5, 0.6) is 0 Å². The predicted octanol–water partition coefficient (Wildman–Crippen LogP) is 3.87. The van der Waals surface area contributed by atoms with E-state index in [2.05, 4.69) is 63.5 Å². The van der Waals surface area contributed by atoms with Gasteiger partial charge in [-0.3, -0.25) is 9.69 Å². The number of methoxy groups -OCH3 is 1. The first-order chi connectivity index (χ1) is 16.5. The maximum atomic E-state index is 13.1. The summed E-state index contributed by atoms with van der Waals surface area (Å²) >= 11 is 0. The Balaban J connectivity index is 1.75. The zero-order valence-corrected chi connectivity index (χ0v) is 20.2. The van der Waals surface area contributed by atoms with Gasteiger partial charge in [-0.05, 0) is 51.9 Å². The fourth-order valence-electron chi connectivity index (χ4n) is 4.41. The van der Waals surface area contributed by atoms with Crippen LogP contribution in [0.1, 0.15) is 42.4 Å².